The van der Waals surface area contributed by atoms with E-state index in [1.807, 2.05) is 31.4 Å². The summed E-state index contributed by atoms with van der Waals surface area (Å²) < 4.78 is 5.65. The molecule has 0 aliphatic rings. The predicted octanol–water partition coefficient (Wildman–Crippen LogP) is 3.96. The van der Waals surface area contributed by atoms with Gasteiger partial charge >= 0.3 is 5.97 Å². The lowest BCUT2D eigenvalue weighted by molar-refractivity contribution is -0.140. The van der Waals surface area contributed by atoms with Crippen molar-refractivity contribution < 1.29 is 14.6 Å². The minimum Gasteiger partial charge on any atom is -0.486 e. The van der Waals surface area contributed by atoms with Gasteiger partial charge in [0, 0.05) is 16.9 Å². The molecule has 0 radical (unpaired) electrons. The summed E-state index contributed by atoms with van der Waals surface area (Å²) in [5.41, 5.74) is 0.824. The van der Waals surface area contributed by atoms with E-state index in [0.29, 0.717) is 30.5 Å². The first kappa shape index (κ1) is 18.7. The zero-order valence-corrected chi connectivity index (χ0v) is 15.2. The number of aliphatic carboxylic acids is 1. The molecule has 5 nitrogen and oxygen atoms in total. The van der Waals surface area contributed by atoms with Crippen LogP contribution in [0.5, 0.6) is 5.75 Å². The van der Waals surface area contributed by atoms with Gasteiger partial charge in [-0.2, -0.15) is 0 Å². The Hall–Kier alpha value is -1.63. The van der Waals surface area contributed by atoms with Crippen LogP contribution in [0.3, 0.4) is 0 Å². The molecule has 0 saturated carbocycles. The molecule has 0 unspecified atom stereocenters. The number of carboxylic acids is 1. The smallest absolute Gasteiger partial charge is 0.320 e. The molecule has 7 heteroatoms. The second-order valence-corrected chi connectivity index (χ2v) is 7.26. The van der Waals surface area contributed by atoms with Crippen molar-refractivity contribution in [1.82, 2.24) is 10.3 Å². The van der Waals surface area contributed by atoms with Crippen LogP contribution in [-0.2, 0) is 17.9 Å². The average molecular weight is 369 g/mol. The van der Waals surface area contributed by atoms with Gasteiger partial charge in [0.2, 0.25) is 0 Å². The Balaban J connectivity index is 1.83. The highest BCUT2D eigenvalue weighted by Gasteiger charge is 2.18. The highest BCUT2D eigenvalue weighted by molar-refractivity contribution is 7.09. The van der Waals surface area contributed by atoms with Crippen LogP contribution < -0.4 is 10.1 Å². The van der Waals surface area contributed by atoms with E-state index in [4.69, 9.17) is 16.3 Å². The molecule has 0 spiro atoms. The predicted molar refractivity (Wildman–Crippen MR) is 95.6 cm³/mol. The van der Waals surface area contributed by atoms with Crippen molar-refractivity contribution in [2.75, 3.05) is 0 Å². The van der Waals surface area contributed by atoms with Crippen LogP contribution in [0.4, 0.5) is 0 Å². The molecule has 130 valence electrons. The second kappa shape index (κ2) is 9.01. The Kier molecular flexibility index (Phi) is 7.02. The monoisotopic (exact) mass is 368 g/mol. The molecule has 24 heavy (non-hydrogen) atoms. The third-order valence-electron chi connectivity index (χ3n) is 3.31. The highest BCUT2D eigenvalue weighted by atomic mass is 35.5. The lowest BCUT2D eigenvalue weighted by atomic mass is 10.0. The van der Waals surface area contributed by atoms with E-state index in [9.17, 15) is 9.90 Å². The molecule has 0 bridgehead atoms. The number of halogens is 1. The summed E-state index contributed by atoms with van der Waals surface area (Å²) in [5.74, 6) is 0.222. The molecule has 0 amide bonds. The standard InChI is InChI=1S/C17H21ClN2O3S/c1-11(2)7-15(17(21)22)19-8-13-10-24-16(20-13)9-23-14-5-3-12(18)4-6-14/h3-6,10-11,15,19H,7-9H2,1-2H3,(H,21,22)/t15-/m0/s1. The van der Waals surface area contributed by atoms with Crippen LogP contribution in [0, 0.1) is 5.92 Å². The zero-order valence-electron chi connectivity index (χ0n) is 13.7. The third-order valence-corrected chi connectivity index (χ3v) is 4.43. The molecule has 1 heterocycles. The second-order valence-electron chi connectivity index (χ2n) is 5.88. The number of hydrogen-bond donors (Lipinski definition) is 2. The largest absolute Gasteiger partial charge is 0.486 e. The molecule has 2 rings (SSSR count). The molecule has 0 aliphatic heterocycles. The van der Waals surface area contributed by atoms with Crippen molar-refractivity contribution in [3.8, 4) is 5.75 Å². The quantitative estimate of drug-likeness (QED) is 0.700. The zero-order chi connectivity index (χ0) is 17.5. The van der Waals surface area contributed by atoms with E-state index >= 15 is 0 Å². The number of nitrogens with zero attached hydrogens (tertiary/aromatic N) is 1. The van der Waals surface area contributed by atoms with E-state index in [1.165, 1.54) is 11.3 Å². The van der Waals surface area contributed by atoms with Crippen molar-refractivity contribution in [2.45, 2.75) is 39.5 Å². The molecule has 0 fully saturated rings. The van der Waals surface area contributed by atoms with Gasteiger partial charge in [-0.3, -0.25) is 10.1 Å². The first-order valence-electron chi connectivity index (χ1n) is 7.72. The molecular formula is C17H21ClN2O3S. The van der Waals surface area contributed by atoms with E-state index in [2.05, 4.69) is 10.3 Å². The van der Waals surface area contributed by atoms with Crippen LogP contribution in [0.2, 0.25) is 5.02 Å². The van der Waals surface area contributed by atoms with Gasteiger partial charge < -0.3 is 9.84 Å². The molecule has 1 atom stereocenters. The van der Waals surface area contributed by atoms with Crippen molar-refractivity contribution in [3.63, 3.8) is 0 Å². The lowest BCUT2D eigenvalue weighted by Crippen LogP contribution is -2.37. The first-order chi connectivity index (χ1) is 11.4. The molecule has 0 aliphatic carbocycles. The number of thiazole rings is 1. The molecular weight excluding hydrogens is 348 g/mol. The van der Waals surface area contributed by atoms with E-state index in [-0.39, 0.29) is 0 Å². The molecule has 2 aromatic rings. The Morgan fingerprint density at radius 2 is 2.08 bits per heavy atom. The lowest BCUT2D eigenvalue weighted by Gasteiger charge is -2.15. The van der Waals surface area contributed by atoms with Crippen LogP contribution in [0.15, 0.2) is 29.6 Å². The molecule has 1 aromatic heterocycles. The normalized spacial score (nSPS) is 12.3. The summed E-state index contributed by atoms with van der Waals surface area (Å²) in [5, 5.41) is 15.7. The summed E-state index contributed by atoms with van der Waals surface area (Å²) in [4.78, 5) is 15.7. The Morgan fingerprint density at radius 3 is 2.71 bits per heavy atom. The summed E-state index contributed by atoms with van der Waals surface area (Å²) in [6.45, 7) is 4.82. The fourth-order valence-corrected chi connectivity index (χ4v) is 2.97. The number of rotatable bonds is 9. The molecule has 2 N–H and O–H groups in total. The van der Waals surface area contributed by atoms with E-state index in [0.717, 1.165) is 16.5 Å². The van der Waals surface area contributed by atoms with Gasteiger partial charge in [-0.15, -0.1) is 11.3 Å². The third kappa shape index (κ3) is 6.11. The van der Waals surface area contributed by atoms with Gasteiger partial charge in [-0.1, -0.05) is 25.4 Å². The topological polar surface area (TPSA) is 71.5 Å². The summed E-state index contributed by atoms with van der Waals surface area (Å²) in [6, 6.07) is 6.60. The number of benzene rings is 1. The van der Waals surface area contributed by atoms with Gasteiger partial charge in [0.1, 0.15) is 23.4 Å². The van der Waals surface area contributed by atoms with Crippen molar-refractivity contribution in [1.29, 1.82) is 0 Å². The fraction of sp³-hybridized carbons (Fsp3) is 0.412. The summed E-state index contributed by atoms with van der Waals surface area (Å²) in [6.07, 6.45) is 0.589. The average Bonchev–Trinajstić information content (AvgIpc) is 2.98. The SMILES string of the molecule is CC(C)C[C@H](NCc1csc(COc2ccc(Cl)cc2)n1)C(=O)O. The van der Waals surface area contributed by atoms with Crippen molar-refractivity contribution in [3.05, 3.63) is 45.4 Å². The van der Waals surface area contributed by atoms with E-state index in [1.54, 1.807) is 12.1 Å². The van der Waals surface area contributed by atoms with Crippen LogP contribution in [-0.4, -0.2) is 22.1 Å². The number of ether oxygens (including phenoxy) is 1. The maximum atomic E-state index is 11.2. The van der Waals surface area contributed by atoms with Crippen molar-refractivity contribution >= 4 is 28.9 Å². The van der Waals surface area contributed by atoms with Gasteiger partial charge in [-0.25, -0.2) is 4.98 Å². The summed E-state index contributed by atoms with van der Waals surface area (Å²) >= 11 is 7.33. The number of nitrogens with one attached hydrogen (secondary N) is 1. The number of carbonyl (C=O) groups is 1. The van der Waals surface area contributed by atoms with Gasteiger partial charge in [0.05, 0.1) is 5.69 Å². The number of hydrogen-bond acceptors (Lipinski definition) is 5. The van der Waals surface area contributed by atoms with Crippen LogP contribution in [0.1, 0.15) is 31.0 Å². The first-order valence-corrected chi connectivity index (χ1v) is 8.97. The van der Waals surface area contributed by atoms with Gasteiger partial charge in [0.25, 0.3) is 0 Å². The minimum absolute atomic E-state index is 0.317. The maximum Gasteiger partial charge on any atom is 0.320 e. The number of carboxylic acid groups (broad SMARTS) is 1. The maximum absolute atomic E-state index is 11.2. The fourth-order valence-electron chi connectivity index (χ4n) is 2.14. The van der Waals surface area contributed by atoms with Crippen LogP contribution >= 0.6 is 22.9 Å². The van der Waals surface area contributed by atoms with E-state index < -0.39 is 12.0 Å². The van der Waals surface area contributed by atoms with Crippen molar-refractivity contribution in [2.24, 2.45) is 5.92 Å². The van der Waals surface area contributed by atoms with Gasteiger partial charge in [-0.05, 0) is 36.6 Å². The molecule has 0 saturated heterocycles. The Bertz CT molecular complexity index is 658. The summed E-state index contributed by atoms with van der Waals surface area (Å²) in [7, 11) is 0. The Labute approximate surface area is 150 Å². The number of aromatic nitrogens is 1. The van der Waals surface area contributed by atoms with Gasteiger partial charge in [0.15, 0.2) is 0 Å². The molecule has 1 aromatic carbocycles. The highest BCUT2D eigenvalue weighted by Crippen LogP contribution is 2.18. The Morgan fingerprint density at radius 1 is 1.38 bits per heavy atom. The minimum atomic E-state index is -0.828. The van der Waals surface area contributed by atoms with Crippen LogP contribution in [0.25, 0.3) is 0 Å².